The van der Waals surface area contributed by atoms with Gasteiger partial charge in [0.15, 0.2) is 0 Å². The van der Waals surface area contributed by atoms with E-state index in [9.17, 15) is 9.59 Å². The van der Waals surface area contributed by atoms with Gasteiger partial charge in [0, 0.05) is 12.8 Å². The number of hydrogen-bond donors (Lipinski definition) is 0. The summed E-state index contributed by atoms with van der Waals surface area (Å²) in [4.78, 5) is 24.6. The molecule has 0 aromatic rings. The highest BCUT2D eigenvalue weighted by molar-refractivity contribution is 5.70. The number of carbonyl (C=O) groups is 2. The molecule has 0 fully saturated rings. The molecule has 0 spiro atoms. The molecule has 0 aliphatic carbocycles. The monoisotopic (exact) mass is 581 g/mol. The fourth-order valence-electron chi connectivity index (χ4n) is 5.41. The summed E-state index contributed by atoms with van der Waals surface area (Å²) in [5.41, 5.74) is 0. The van der Waals surface area contributed by atoms with Crippen molar-refractivity contribution in [2.45, 2.75) is 214 Å². The summed E-state index contributed by atoms with van der Waals surface area (Å²) in [6, 6.07) is 0. The third-order valence-corrected chi connectivity index (χ3v) is 8.40. The maximum atomic E-state index is 12.3. The van der Waals surface area contributed by atoms with Crippen LogP contribution in [0.5, 0.6) is 0 Å². The molecule has 0 aromatic heterocycles. The minimum absolute atomic E-state index is 0.134. The van der Waals surface area contributed by atoms with Gasteiger partial charge in [-0.05, 0) is 18.8 Å². The molecule has 4 nitrogen and oxygen atoms in total. The van der Waals surface area contributed by atoms with Crippen LogP contribution in [-0.2, 0) is 19.1 Å². The Morgan fingerprint density at radius 3 is 1.05 bits per heavy atom. The molecular weight excluding hydrogens is 508 g/mol. The number of rotatable bonds is 32. The highest BCUT2D eigenvalue weighted by atomic mass is 16.6. The van der Waals surface area contributed by atoms with Crippen LogP contribution < -0.4 is 0 Å². The van der Waals surface area contributed by atoms with Gasteiger partial charge in [0.05, 0.1) is 0 Å². The molecule has 0 bridgehead atoms. The maximum absolute atomic E-state index is 12.3. The van der Waals surface area contributed by atoms with Crippen molar-refractivity contribution in [2.24, 2.45) is 5.92 Å². The molecule has 1 atom stereocenters. The van der Waals surface area contributed by atoms with Crippen LogP contribution in [0.25, 0.3) is 0 Å². The molecule has 244 valence electrons. The Hall–Kier alpha value is -1.06. The second-order valence-electron chi connectivity index (χ2n) is 12.9. The third kappa shape index (κ3) is 30.2. The second-order valence-corrected chi connectivity index (χ2v) is 12.9. The van der Waals surface area contributed by atoms with Gasteiger partial charge in [0.2, 0.25) is 0 Å². The Balaban J connectivity index is 3.65. The Morgan fingerprint density at radius 2 is 0.732 bits per heavy atom. The van der Waals surface area contributed by atoms with Crippen molar-refractivity contribution in [1.82, 2.24) is 0 Å². The van der Waals surface area contributed by atoms with Gasteiger partial charge in [-0.25, -0.2) is 0 Å². The number of ether oxygens (including phenoxy) is 2. The normalized spacial score (nSPS) is 12.1. The first-order valence-electron chi connectivity index (χ1n) is 18.4. The molecule has 0 rings (SSSR count). The fraction of sp³-hybridized carbons (Fsp3) is 0.946. The van der Waals surface area contributed by atoms with Crippen molar-refractivity contribution in [3.8, 4) is 0 Å². The van der Waals surface area contributed by atoms with Crippen LogP contribution in [0, 0.1) is 5.92 Å². The molecule has 0 saturated carbocycles. The van der Waals surface area contributed by atoms with Gasteiger partial charge in [-0.1, -0.05) is 182 Å². The lowest BCUT2D eigenvalue weighted by Gasteiger charge is -2.21. The van der Waals surface area contributed by atoms with Gasteiger partial charge in [0.25, 0.3) is 0 Å². The first-order valence-corrected chi connectivity index (χ1v) is 18.4. The van der Waals surface area contributed by atoms with Crippen molar-refractivity contribution in [1.29, 1.82) is 0 Å². The molecule has 0 aliphatic rings. The van der Waals surface area contributed by atoms with E-state index in [4.69, 9.17) is 9.47 Å². The van der Waals surface area contributed by atoms with Gasteiger partial charge < -0.3 is 9.47 Å². The first-order chi connectivity index (χ1) is 20.0. The molecule has 0 amide bonds. The van der Waals surface area contributed by atoms with Crippen molar-refractivity contribution in [3.63, 3.8) is 0 Å². The number of carbonyl (C=O) groups excluding carboxylic acids is 2. The van der Waals surface area contributed by atoms with E-state index in [1.165, 1.54) is 141 Å². The van der Waals surface area contributed by atoms with Gasteiger partial charge >= 0.3 is 11.9 Å². The van der Waals surface area contributed by atoms with Crippen molar-refractivity contribution < 1.29 is 19.1 Å². The Morgan fingerprint density at radius 1 is 0.439 bits per heavy atom. The fourth-order valence-corrected chi connectivity index (χ4v) is 5.41. The van der Waals surface area contributed by atoms with Crippen LogP contribution in [0.15, 0.2) is 0 Å². The van der Waals surface area contributed by atoms with E-state index in [2.05, 4.69) is 13.8 Å². The highest BCUT2D eigenvalue weighted by Gasteiger charge is 2.20. The molecule has 0 N–H and O–H groups in total. The van der Waals surface area contributed by atoms with E-state index in [1.807, 2.05) is 13.8 Å². The Bertz CT molecular complexity index is 559. The Kier molecular flexibility index (Phi) is 31.0. The zero-order valence-corrected chi connectivity index (χ0v) is 28.3. The average Bonchev–Trinajstić information content (AvgIpc) is 2.95. The molecule has 0 aliphatic heterocycles. The summed E-state index contributed by atoms with van der Waals surface area (Å²) in [6.07, 6.45) is 34.2. The van der Waals surface area contributed by atoms with Crippen LogP contribution in [0.2, 0.25) is 0 Å². The summed E-state index contributed by atoms with van der Waals surface area (Å²) in [5.74, 6) is -0.180. The second kappa shape index (κ2) is 31.9. The molecule has 0 aromatic carbocycles. The van der Waals surface area contributed by atoms with Crippen molar-refractivity contribution in [2.75, 3.05) is 6.61 Å². The molecule has 4 heteroatoms. The predicted molar refractivity (Wildman–Crippen MR) is 176 cm³/mol. The van der Waals surface area contributed by atoms with Gasteiger partial charge in [0.1, 0.15) is 12.7 Å². The molecule has 1 unspecified atom stereocenters. The molecule has 0 heterocycles. The molecule has 0 saturated heterocycles. The Labute approximate surface area is 256 Å². The van der Waals surface area contributed by atoms with Gasteiger partial charge in [-0.3, -0.25) is 9.59 Å². The largest absolute Gasteiger partial charge is 0.462 e. The minimum atomic E-state index is -0.347. The van der Waals surface area contributed by atoms with Crippen LogP contribution in [-0.4, -0.2) is 24.6 Å². The van der Waals surface area contributed by atoms with E-state index in [0.717, 1.165) is 25.7 Å². The lowest BCUT2D eigenvalue weighted by molar-refractivity contribution is -0.162. The van der Waals surface area contributed by atoms with E-state index in [-0.39, 0.29) is 30.6 Å². The summed E-state index contributed by atoms with van der Waals surface area (Å²) in [7, 11) is 0. The van der Waals surface area contributed by atoms with Crippen LogP contribution >= 0.6 is 0 Å². The van der Waals surface area contributed by atoms with Crippen LogP contribution in [0.3, 0.4) is 0 Å². The number of hydrogen-bond acceptors (Lipinski definition) is 4. The van der Waals surface area contributed by atoms with Gasteiger partial charge in [-0.15, -0.1) is 0 Å². The van der Waals surface area contributed by atoms with Gasteiger partial charge in [-0.2, -0.15) is 0 Å². The van der Waals surface area contributed by atoms with E-state index in [0.29, 0.717) is 12.8 Å². The third-order valence-electron chi connectivity index (χ3n) is 8.40. The molecule has 0 radical (unpaired) electrons. The average molecular weight is 581 g/mol. The van der Waals surface area contributed by atoms with E-state index < -0.39 is 0 Å². The van der Waals surface area contributed by atoms with E-state index >= 15 is 0 Å². The number of esters is 2. The van der Waals surface area contributed by atoms with Crippen LogP contribution in [0.4, 0.5) is 0 Å². The lowest BCUT2D eigenvalue weighted by atomic mass is 10.0. The highest BCUT2D eigenvalue weighted by Crippen LogP contribution is 2.16. The zero-order valence-electron chi connectivity index (χ0n) is 28.3. The topological polar surface area (TPSA) is 52.6 Å². The zero-order chi connectivity index (χ0) is 30.2. The van der Waals surface area contributed by atoms with Crippen molar-refractivity contribution in [3.05, 3.63) is 0 Å². The standard InChI is InChI=1S/C37H72O4/c1-5-7-9-11-13-15-17-19-21-23-25-27-29-31-36(38)40-33-35(34(3)4)41-37(39)32-30-28-26-24-22-20-18-16-14-12-10-8-6-2/h34-35H,5-33H2,1-4H3. The minimum Gasteiger partial charge on any atom is -0.462 e. The predicted octanol–water partition coefficient (Wildman–Crippen LogP) is 12.1. The first kappa shape index (κ1) is 39.9. The number of unbranched alkanes of at least 4 members (excludes halogenated alkanes) is 24. The summed E-state index contributed by atoms with van der Waals surface area (Å²) in [6.45, 7) is 8.75. The molecule has 41 heavy (non-hydrogen) atoms. The summed E-state index contributed by atoms with van der Waals surface area (Å²) in [5, 5.41) is 0. The maximum Gasteiger partial charge on any atom is 0.306 e. The van der Waals surface area contributed by atoms with E-state index in [1.54, 1.807) is 0 Å². The quantitative estimate of drug-likeness (QED) is 0.0586. The molecular formula is C37H72O4. The SMILES string of the molecule is CCCCCCCCCCCCCCCC(=O)OCC(OC(=O)CCCCCCCCCCCCCCC)C(C)C. The smallest absolute Gasteiger partial charge is 0.306 e. The van der Waals surface area contributed by atoms with Crippen LogP contribution in [0.1, 0.15) is 207 Å². The summed E-state index contributed by atoms with van der Waals surface area (Å²) < 4.78 is 11.2. The summed E-state index contributed by atoms with van der Waals surface area (Å²) >= 11 is 0. The lowest BCUT2D eigenvalue weighted by Crippen LogP contribution is -2.29. The van der Waals surface area contributed by atoms with Crippen molar-refractivity contribution >= 4 is 11.9 Å².